The normalized spacial score (nSPS) is 11.1. The van der Waals surface area contributed by atoms with Crippen LogP contribution in [0, 0.1) is 5.82 Å². The summed E-state index contributed by atoms with van der Waals surface area (Å²) in [5.41, 5.74) is 6.09. The van der Waals surface area contributed by atoms with Gasteiger partial charge in [0.1, 0.15) is 11.6 Å². The molecule has 0 saturated heterocycles. The number of halogens is 1. The Balaban J connectivity index is 2.34. The molecule has 0 aliphatic heterocycles. The van der Waals surface area contributed by atoms with Crippen molar-refractivity contribution < 1.29 is 4.39 Å². The third kappa shape index (κ3) is 3.32. The molecule has 0 unspecified atom stereocenters. The summed E-state index contributed by atoms with van der Waals surface area (Å²) in [4.78, 5) is 6.36. The van der Waals surface area contributed by atoms with Crippen LogP contribution >= 0.6 is 11.5 Å². The zero-order valence-corrected chi connectivity index (χ0v) is 12.5. The molecule has 20 heavy (non-hydrogen) atoms. The summed E-state index contributed by atoms with van der Waals surface area (Å²) in [6.45, 7) is 5.27. The van der Waals surface area contributed by atoms with Crippen LogP contribution in [0.15, 0.2) is 24.3 Å². The monoisotopic (exact) mass is 294 g/mol. The van der Waals surface area contributed by atoms with Crippen LogP contribution in [0.3, 0.4) is 0 Å². The molecule has 0 aliphatic carbocycles. The van der Waals surface area contributed by atoms with Crippen molar-refractivity contribution in [1.82, 2.24) is 9.36 Å². The van der Waals surface area contributed by atoms with E-state index in [0.717, 1.165) is 12.2 Å². The van der Waals surface area contributed by atoms with Crippen LogP contribution in [0.2, 0.25) is 0 Å². The van der Waals surface area contributed by atoms with Gasteiger partial charge in [-0.2, -0.15) is 4.37 Å². The van der Waals surface area contributed by atoms with Gasteiger partial charge in [0.15, 0.2) is 0 Å². The molecule has 0 saturated carbocycles. The summed E-state index contributed by atoms with van der Waals surface area (Å²) >= 11 is 1.30. The van der Waals surface area contributed by atoms with Crippen LogP contribution in [0.5, 0.6) is 0 Å². The fourth-order valence-corrected chi connectivity index (χ4v) is 2.66. The number of benzene rings is 1. The van der Waals surface area contributed by atoms with Crippen molar-refractivity contribution in [1.29, 1.82) is 0 Å². The molecular weight excluding hydrogens is 275 g/mol. The van der Waals surface area contributed by atoms with Crippen LogP contribution in [0.1, 0.15) is 32.0 Å². The fourth-order valence-electron chi connectivity index (χ4n) is 1.81. The Labute approximate surface area is 122 Å². The Hall–Kier alpha value is -1.53. The number of hydrogen-bond donors (Lipinski definition) is 1. The number of rotatable bonds is 6. The quantitative estimate of drug-likeness (QED) is 0.888. The Morgan fingerprint density at radius 2 is 2.10 bits per heavy atom. The van der Waals surface area contributed by atoms with Crippen molar-refractivity contribution in [3.05, 3.63) is 35.9 Å². The minimum absolute atomic E-state index is 0.259. The van der Waals surface area contributed by atoms with Gasteiger partial charge in [-0.05, 0) is 25.1 Å². The molecule has 4 nitrogen and oxygen atoms in total. The Morgan fingerprint density at radius 3 is 2.70 bits per heavy atom. The van der Waals surface area contributed by atoms with Gasteiger partial charge in [0.2, 0.25) is 5.13 Å². The van der Waals surface area contributed by atoms with E-state index in [2.05, 4.69) is 9.36 Å². The molecule has 0 spiro atoms. The minimum atomic E-state index is -0.259. The van der Waals surface area contributed by atoms with Crippen molar-refractivity contribution in [3.63, 3.8) is 0 Å². The summed E-state index contributed by atoms with van der Waals surface area (Å²) in [6.07, 6.45) is 0.769. The van der Waals surface area contributed by atoms with Crippen LogP contribution < -0.4 is 10.6 Å². The predicted octanol–water partition coefficient (Wildman–Crippen LogP) is 3.29. The molecule has 6 heteroatoms. The zero-order chi connectivity index (χ0) is 14.5. The summed E-state index contributed by atoms with van der Waals surface area (Å²) in [6, 6.07) is 6.70. The first-order valence-electron chi connectivity index (χ1n) is 6.69. The maximum atomic E-state index is 14.0. The molecule has 1 aromatic heterocycles. The number of aromatic nitrogens is 2. The lowest BCUT2D eigenvalue weighted by atomic mass is 10.2. The maximum absolute atomic E-state index is 14.0. The molecule has 0 bridgehead atoms. The molecule has 0 aliphatic rings. The first-order chi connectivity index (χ1) is 9.63. The SMILES string of the molecule is CC(C)c1nsc(N(CCCN)c2ccccc2F)n1. The second-order valence-corrected chi connectivity index (χ2v) is 5.57. The average molecular weight is 294 g/mol. The first kappa shape index (κ1) is 14.9. The first-order valence-corrected chi connectivity index (χ1v) is 7.46. The van der Waals surface area contributed by atoms with E-state index in [1.165, 1.54) is 17.6 Å². The molecule has 2 rings (SSSR count). The van der Waals surface area contributed by atoms with Gasteiger partial charge in [0.25, 0.3) is 0 Å². The van der Waals surface area contributed by atoms with Gasteiger partial charge in [-0.3, -0.25) is 0 Å². The van der Waals surface area contributed by atoms with E-state index >= 15 is 0 Å². The highest BCUT2D eigenvalue weighted by Crippen LogP contribution is 2.30. The zero-order valence-electron chi connectivity index (χ0n) is 11.7. The molecule has 1 aromatic carbocycles. The number of nitrogens with two attached hydrogens (primary N) is 1. The van der Waals surface area contributed by atoms with E-state index < -0.39 is 0 Å². The largest absolute Gasteiger partial charge is 0.330 e. The van der Waals surface area contributed by atoms with E-state index in [1.807, 2.05) is 24.8 Å². The van der Waals surface area contributed by atoms with Crippen molar-refractivity contribution in [2.75, 3.05) is 18.0 Å². The Bertz CT molecular complexity index is 556. The van der Waals surface area contributed by atoms with Gasteiger partial charge < -0.3 is 10.6 Å². The third-order valence-electron chi connectivity index (χ3n) is 2.91. The Morgan fingerprint density at radius 1 is 1.35 bits per heavy atom. The van der Waals surface area contributed by atoms with Gasteiger partial charge in [0, 0.05) is 24.0 Å². The topological polar surface area (TPSA) is 55.0 Å². The maximum Gasteiger partial charge on any atom is 0.209 e. The van der Waals surface area contributed by atoms with E-state index in [9.17, 15) is 4.39 Å². The number of nitrogens with zero attached hydrogens (tertiary/aromatic N) is 3. The van der Waals surface area contributed by atoms with Crippen molar-refractivity contribution in [3.8, 4) is 0 Å². The van der Waals surface area contributed by atoms with Gasteiger partial charge in [-0.15, -0.1) is 0 Å². The molecule has 0 atom stereocenters. The second kappa shape index (κ2) is 6.76. The highest BCUT2D eigenvalue weighted by atomic mass is 32.1. The predicted molar refractivity (Wildman–Crippen MR) is 81.1 cm³/mol. The van der Waals surface area contributed by atoms with Crippen LogP contribution in [0.25, 0.3) is 0 Å². The van der Waals surface area contributed by atoms with Crippen molar-refractivity contribution in [2.45, 2.75) is 26.2 Å². The summed E-state index contributed by atoms with van der Waals surface area (Å²) < 4.78 is 18.3. The summed E-state index contributed by atoms with van der Waals surface area (Å²) in [7, 11) is 0. The summed E-state index contributed by atoms with van der Waals surface area (Å²) in [5, 5.41) is 0.715. The van der Waals surface area contributed by atoms with Gasteiger partial charge in [-0.25, -0.2) is 9.37 Å². The molecule has 0 radical (unpaired) electrons. The van der Waals surface area contributed by atoms with E-state index in [0.29, 0.717) is 23.9 Å². The van der Waals surface area contributed by atoms with Gasteiger partial charge in [-0.1, -0.05) is 26.0 Å². The third-order valence-corrected chi connectivity index (χ3v) is 3.66. The lowest BCUT2D eigenvalue weighted by molar-refractivity contribution is 0.623. The molecule has 1 heterocycles. The minimum Gasteiger partial charge on any atom is -0.330 e. The number of para-hydroxylation sites is 1. The lowest BCUT2D eigenvalue weighted by Gasteiger charge is -2.21. The standard InChI is InChI=1S/C14H19FN4S/c1-10(2)13-17-14(20-18-13)19(9-5-8-16)12-7-4-3-6-11(12)15/h3-4,6-7,10H,5,8-9,16H2,1-2H3. The van der Waals surface area contributed by atoms with Crippen LogP contribution in [0.4, 0.5) is 15.2 Å². The Kier molecular flexibility index (Phi) is 5.03. The highest BCUT2D eigenvalue weighted by Gasteiger charge is 2.18. The fraction of sp³-hybridized carbons (Fsp3) is 0.429. The molecule has 2 aromatic rings. The van der Waals surface area contributed by atoms with E-state index in [4.69, 9.17) is 5.73 Å². The van der Waals surface area contributed by atoms with Gasteiger partial charge >= 0.3 is 0 Å². The molecule has 108 valence electrons. The number of anilines is 2. The smallest absolute Gasteiger partial charge is 0.209 e. The van der Waals surface area contributed by atoms with Gasteiger partial charge in [0.05, 0.1) is 5.69 Å². The van der Waals surface area contributed by atoms with Crippen molar-refractivity contribution >= 4 is 22.4 Å². The highest BCUT2D eigenvalue weighted by molar-refractivity contribution is 7.09. The molecular formula is C14H19FN4S. The second-order valence-electron chi connectivity index (χ2n) is 4.84. The number of hydrogen-bond acceptors (Lipinski definition) is 5. The lowest BCUT2D eigenvalue weighted by Crippen LogP contribution is -2.21. The summed E-state index contributed by atoms with van der Waals surface area (Å²) in [5.74, 6) is 0.793. The average Bonchev–Trinajstić information content (AvgIpc) is 2.91. The van der Waals surface area contributed by atoms with Crippen LogP contribution in [-0.4, -0.2) is 22.4 Å². The molecule has 0 amide bonds. The molecule has 2 N–H and O–H groups in total. The van der Waals surface area contributed by atoms with Crippen molar-refractivity contribution in [2.24, 2.45) is 5.73 Å². The molecule has 0 fully saturated rings. The van der Waals surface area contributed by atoms with Crippen LogP contribution in [-0.2, 0) is 0 Å². The van der Waals surface area contributed by atoms with E-state index in [-0.39, 0.29) is 11.7 Å². The van der Waals surface area contributed by atoms with E-state index in [1.54, 1.807) is 12.1 Å².